The minimum absolute atomic E-state index is 0.0759. The molecule has 0 aliphatic heterocycles. The van der Waals surface area contributed by atoms with Crippen molar-refractivity contribution >= 4 is 36.4 Å². The fourth-order valence-corrected chi connectivity index (χ4v) is 1.59. The molecule has 11 heteroatoms. The van der Waals surface area contributed by atoms with Gasteiger partial charge in [0.15, 0.2) is 5.96 Å². The Bertz CT molecular complexity index is 427. The molecule has 10 nitrogen and oxygen atoms in total. The number of aliphatic imine (C=N–C) groups is 1. The van der Waals surface area contributed by atoms with Gasteiger partial charge in [-0.1, -0.05) is 0 Å². The van der Waals surface area contributed by atoms with Crippen LogP contribution in [0.2, 0.25) is 0 Å². The Labute approximate surface area is 133 Å². The molecular formula is C11H22N6O4S. The van der Waals surface area contributed by atoms with Crippen LogP contribution in [0.3, 0.4) is 0 Å². The zero-order chi connectivity index (χ0) is 17.1. The minimum atomic E-state index is -1.19. The van der Waals surface area contributed by atoms with Crippen LogP contribution >= 0.6 is 12.6 Å². The molecule has 0 saturated heterocycles. The van der Waals surface area contributed by atoms with Crippen LogP contribution in [-0.2, 0) is 14.4 Å². The number of carbonyl (C=O) groups is 3. The van der Waals surface area contributed by atoms with Crippen LogP contribution in [0.15, 0.2) is 4.99 Å². The smallest absolute Gasteiger partial charge is 0.322 e. The summed E-state index contributed by atoms with van der Waals surface area (Å²) in [4.78, 5) is 37.8. The van der Waals surface area contributed by atoms with Gasteiger partial charge >= 0.3 is 5.97 Å². The normalized spacial score (nSPS) is 12.8. The number of hydrogen-bond acceptors (Lipinski definition) is 6. The van der Waals surface area contributed by atoms with E-state index in [9.17, 15) is 14.4 Å². The Morgan fingerprint density at radius 2 is 1.86 bits per heavy atom. The summed E-state index contributed by atoms with van der Waals surface area (Å²) in [6, 6.07) is -1.79. The average molecular weight is 334 g/mol. The van der Waals surface area contributed by atoms with Gasteiger partial charge in [-0.3, -0.25) is 19.4 Å². The lowest BCUT2D eigenvalue weighted by molar-refractivity contribution is -0.138. The van der Waals surface area contributed by atoms with Crippen molar-refractivity contribution in [2.75, 3.05) is 18.8 Å². The second-order valence-corrected chi connectivity index (χ2v) is 4.78. The van der Waals surface area contributed by atoms with Crippen LogP contribution in [0.1, 0.15) is 12.8 Å². The van der Waals surface area contributed by atoms with Gasteiger partial charge in [0.05, 0.1) is 6.04 Å². The number of aliphatic carboxylic acids is 1. The standard InChI is InChI=1S/C11H22N6O4S/c12-6(5-22)9(20)17-7(2-1-3-15-11(13)14)10(21)16-4-8(18)19/h6-7,22H,1-5,12H2,(H,16,21)(H,17,20)(H,18,19)(H4,13,14,15). The summed E-state index contributed by atoms with van der Waals surface area (Å²) >= 11 is 3.90. The molecule has 0 rings (SSSR count). The zero-order valence-electron chi connectivity index (χ0n) is 12.0. The lowest BCUT2D eigenvalue weighted by Gasteiger charge is -2.19. The number of thiol groups is 1. The minimum Gasteiger partial charge on any atom is -0.480 e. The number of hydrogen-bond donors (Lipinski definition) is 7. The molecule has 126 valence electrons. The number of carboxylic acids is 1. The largest absolute Gasteiger partial charge is 0.480 e. The number of rotatable bonds is 10. The predicted molar refractivity (Wildman–Crippen MR) is 84.3 cm³/mol. The Morgan fingerprint density at radius 1 is 1.23 bits per heavy atom. The average Bonchev–Trinajstić information content (AvgIpc) is 2.46. The molecule has 0 spiro atoms. The molecular weight excluding hydrogens is 312 g/mol. The van der Waals surface area contributed by atoms with E-state index in [4.69, 9.17) is 22.3 Å². The van der Waals surface area contributed by atoms with E-state index in [2.05, 4.69) is 28.3 Å². The molecule has 0 aliphatic carbocycles. The predicted octanol–water partition coefficient (Wildman–Crippen LogP) is -3.02. The topological polar surface area (TPSA) is 186 Å². The lowest BCUT2D eigenvalue weighted by atomic mass is 10.1. The first-order valence-electron chi connectivity index (χ1n) is 6.49. The molecule has 0 aliphatic rings. The summed E-state index contributed by atoms with van der Waals surface area (Å²) < 4.78 is 0. The Balaban J connectivity index is 4.60. The molecule has 0 saturated carbocycles. The molecule has 22 heavy (non-hydrogen) atoms. The number of guanidine groups is 1. The molecule has 0 aromatic heterocycles. The molecule has 0 radical (unpaired) electrons. The van der Waals surface area contributed by atoms with Crippen LogP contribution in [0.5, 0.6) is 0 Å². The Hall–Kier alpha value is -2.01. The first-order chi connectivity index (χ1) is 10.3. The summed E-state index contributed by atoms with van der Waals surface area (Å²) in [5, 5.41) is 13.2. The van der Waals surface area contributed by atoms with Gasteiger partial charge in [0.1, 0.15) is 12.6 Å². The number of nitrogens with one attached hydrogen (secondary N) is 2. The maximum atomic E-state index is 11.9. The van der Waals surface area contributed by atoms with Gasteiger partial charge in [-0.2, -0.15) is 12.6 Å². The van der Waals surface area contributed by atoms with Gasteiger partial charge in [0.2, 0.25) is 11.8 Å². The van der Waals surface area contributed by atoms with Gasteiger partial charge in [0.25, 0.3) is 0 Å². The van der Waals surface area contributed by atoms with Crippen molar-refractivity contribution < 1.29 is 19.5 Å². The van der Waals surface area contributed by atoms with Gasteiger partial charge in [-0.05, 0) is 12.8 Å². The van der Waals surface area contributed by atoms with Gasteiger partial charge in [0, 0.05) is 12.3 Å². The third-order valence-corrected chi connectivity index (χ3v) is 2.92. The van der Waals surface area contributed by atoms with Crippen molar-refractivity contribution in [3.05, 3.63) is 0 Å². The summed E-state index contributed by atoms with van der Waals surface area (Å²) in [6.45, 7) is -0.267. The van der Waals surface area contributed by atoms with Crippen molar-refractivity contribution in [2.24, 2.45) is 22.2 Å². The Morgan fingerprint density at radius 3 is 2.36 bits per heavy atom. The van der Waals surface area contributed by atoms with Crippen LogP contribution in [0, 0.1) is 0 Å². The highest BCUT2D eigenvalue weighted by atomic mass is 32.1. The fraction of sp³-hybridized carbons (Fsp3) is 0.636. The van der Waals surface area contributed by atoms with E-state index in [1.807, 2.05) is 0 Å². The molecule has 0 aromatic rings. The van der Waals surface area contributed by atoms with E-state index in [0.29, 0.717) is 6.42 Å². The van der Waals surface area contributed by atoms with Crippen LogP contribution in [0.4, 0.5) is 0 Å². The number of amides is 2. The number of carbonyl (C=O) groups excluding carboxylic acids is 2. The fourth-order valence-electron chi connectivity index (χ4n) is 1.42. The molecule has 2 amide bonds. The first-order valence-corrected chi connectivity index (χ1v) is 7.12. The van der Waals surface area contributed by atoms with Crippen molar-refractivity contribution in [2.45, 2.75) is 24.9 Å². The SMILES string of the molecule is NC(N)=NCCCC(NC(=O)C(N)CS)C(=O)NCC(=O)O. The highest BCUT2D eigenvalue weighted by Gasteiger charge is 2.23. The van der Waals surface area contributed by atoms with Gasteiger partial charge < -0.3 is 32.9 Å². The summed E-state index contributed by atoms with van der Waals surface area (Å²) in [7, 11) is 0. The number of nitrogens with zero attached hydrogens (tertiary/aromatic N) is 1. The zero-order valence-corrected chi connectivity index (χ0v) is 12.9. The second-order valence-electron chi connectivity index (χ2n) is 4.41. The molecule has 2 unspecified atom stereocenters. The summed E-state index contributed by atoms with van der Waals surface area (Å²) in [5.41, 5.74) is 15.9. The molecule has 0 bridgehead atoms. The molecule has 0 aromatic carbocycles. The maximum Gasteiger partial charge on any atom is 0.322 e. The van der Waals surface area contributed by atoms with Gasteiger partial charge in [-0.25, -0.2) is 0 Å². The third-order valence-electron chi connectivity index (χ3n) is 2.53. The number of nitrogens with two attached hydrogens (primary N) is 3. The van der Waals surface area contributed by atoms with Crippen LogP contribution < -0.4 is 27.8 Å². The second kappa shape index (κ2) is 10.7. The highest BCUT2D eigenvalue weighted by Crippen LogP contribution is 2.00. The Kier molecular flexibility index (Phi) is 9.70. The quantitative estimate of drug-likeness (QED) is 0.0958. The van der Waals surface area contributed by atoms with E-state index in [-0.39, 0.29) is 24.7 Å². The number of carboxylic acid groups (broad SMARTS) is 1. The molecule has 9 N–H and O–H groups in total. The van der Waals surface area contributed by atoms with Crippen LogP contribution in [-0.4, -0.2) is 59.8 Å². The molecule has 0 fully saturated rings. The van der Waals surface area contributed by atoms with Crippen molar-refractivity contribution in [3.8, 4) is 0 Å². The van der Waals surface area contributed by atoms with Gasteiger partial charge in [-0.15, -0.1) is 0 Å². The van der Waals surface area contributed by atoms with E-state index < -0.39 is 36.4 Å². The van der Waals surface area contributed by atoms with E-state index in [0.717, 1.165) is 0 Å². The third kappa shape index (κ3) is 9.02. The van der Waals surface area contributed by atoms with Crippen molar-refractivity contribution in [1.82, 2.24) is 10.6 Å². The highest BCUT2D eigenvalue weighted by molar-refractivity contribution is 7.80. The summed E-state index contributed by atoms with van der Waals surface area (Å²) in [6.07, 6.45) is 0.646. The molecule has 2 atom stereocenters. The monoisotopic (exact) mass is 334 g/mol. The summed E-state index contributed by atoms with van der Waals surface area (Å²) in [5.74, 6) is -2.32. The first kappa shape index (κ1) is 20.0. The van der Waals surface area contributed by atoms with Crippen LogP contribution in [0.25, 0.3) is 0 Å². The van der Waals surface area contributed by atoms with E-state index in [1.165, 1.54) is 0 Å². The van der Waals surface area contributed by atoms with E-state index in [1.54, 1.807) is 0 Å². The van der Waals surface area contributed by atoms with E-state index >= 15 is 0 Å². The van der Waals surface area contributed by atoms with Crippen molar-refractivity contribution in [3.63, 3.8) is 0 Å². The van der Waals surface area contributed by atoms with Crippen molar-refractivity contribution in [1.29, 1.82) is 0 Å². The maximum absolute atomic E-state index is 11.9. The molecule has 0 heterocycles. The lowest BCUT2D eigenvalue weighted by Crippen LogP contribution is -2.52.